The van der Waals surface area contributed by atoms with Crippen LogP contribution in [0.3, 0.4) is 0 Å². The highest BCUT2D eigenvalue weighted by Gasteiger charge is 2.31. The first-order chi connectivity index (χ1) is 13.7. The number of anilines is 2. The zero-order valence-electron chi connectivity index (χ0n) is 14.5. The number of nitrogens with zero attached hydrogens (tertiary/aromatic N) is 2. The number of pyridine rings is 1. The van der Waals surface area contributed by atoms with Gasteiger partial charge in [0.15, 0.2) is 0 Å². The van der Waals surface area contributed by atoms with Crippen molar-refractivity contribution < 1.29 is 27.2 Å². The molecule has 3 rings (SSSR count). The quantitative estimate of drug-likeness (QED) is 0.604. The van der Waals surface area contributed by atoms with Crippen LogP contribution in [0.5, 0.6) is 0 Å². The van der Waals surface area contributed by atoms with Crippen LogP contribution in [0.2, 0.25) is 0 Å². The predicted octanol–water partition coefficient (Wildman–Crippen LogP) is 4.13. The molecule has 0 saturated heterocycles. The van der Waals surface area contributed by atoms with Crippen molar-refractivity contribution in [1.82, 2.24) is 9.97 Å². The van der Waals surface area contributed by atoms with Gasteiger partial charge >= 0.3 is 6.18 Å². The van der Waals surface area contributed by atoms with Crippen LogP contribution in [-0.2, 0) is 17.4 Å². The summed E-state index contributed by atoms with van der Waals surface area (Å²) in [5.41, 5.74) is 0.531. The molecule has 0 aliphatic carbocycles. The van der Waals surface area contributed by atoms with Crippen LogP contribution >= 0.6 is 11.3 Å². The third-order valence-corrected chi connectivity index (χ3v) is 4.25. The minimum Gasteiger partial charge on any atom is -0.323 e. The molecular weight excluding hydrogens is 412 g/mol. The van der Waals surface area contributed by atoms with E-state index in [1.807, 2.05) is 0 Å². The fourth-order valence-corrected chi connectivity index (χ4v) is 2.82. The van der Waals surface area contributed by atoms with Crippen molar-refractivity contribution in [2.75, 3.05) is 10.6 Å². The lowest BCUT2D eigenvalue weighted by atomic mass is 10.1. The molecule has 0 fully saturated rings. The molecule has 29 heavy (non-hydrogen) atoms. The van der Waals surface area contributed by atoms with Crippen LogP contribution in [0.1, 0.15) is 21.6 Å². The minimum atomic E-state index is -4.66. The fraction of sp³-hybridized carbons (Fsp3) is 0.111. The Kier molecular flexibility index (Phi) is 5.87. The molecule has 11 heteroatoms. The van der Waals surface area contributed by atoms with Gasteiger partial charge in [-0.05, 0) is 29.8 Å². The second-order valence-electron chi connectivity index (χ2n) is 5.80. The number of carbonyl (C=O) groups excluding carboxylic acids is 2. The van der Waals surface area contributed by atoms with Crippen molar-refractivity contribution in [2.24, 2.45) is 0 Å². The molecule has 0 unspecified atom stereocenters. The minimum absolute atomic E-state index is 0.232. The Morgan fingerprint density at radius 2 is 1.86 bits per heavy atom. The highest BCUT2D eigenvalue weighted by molar-refractivity contribution is 7.07. The van der Waals surface area contributed by atoms with Gasteiger partial charge in [-0.1, -0.05) is 6.07 Å². The summed E-state index contributed by atoms with van der Waals surface area (Å²) in [7, 11) is 0. The number of thiazole rings is 1. The fourth-order valence-electron chi connectivity index (χ4n) is 2.29. The Morgan fingerprint density at radius 1 is 1.07 bits per heavy atom. The molecule has 0 bridgehead atoms. The van der Waals surface area contributed by atoms with E-state index in [-0.39, 0.29) is 17.9 Å². The van der Waals surface area contributed by atoms with E-state index in [4.69, 9.17) is 0 Å². The summed E-state index contributed by atoms with van der Waals surface area (Å²) < 4.78 is 51.9. The number of hydrogen-bond acceptors (Lipinski definition) is 5. The van der Waals surface area contributed by atoms with Gasteiger partial charge in [0.05, 0.1) is 23.2 Å². The molecule has 6 nitrogen and oxygen atoms in total. The smallest absolute Gasteiger partial charge is 0.323 e. The molecule has 0 radical (unpaired) electrons. The molecule has 0 aliphatic rings. The highest BCUT2D eigenvalue weighted by Crippen LogP contribution is 2.31. The van der Waals surface area contributed by atoms with E-state index >= 15 is 0 Å². The van der Waals surface area contributed by atoms with E-state index in [9.17, 15) is 27.2 Å². The third kappa shape index (κ3) is 5.35. The van der Waals surface area contributed by atoms with Gasteiger partial charge in [-0.25, -0.2) is 14.4 Å². The van der Waals surface area contributed by atoms with Crippen LogP contribution in [-0.4, -0.2) is 21.8 Å². The van der Waals surface area contributed by atoms with Crippen LogP contribution in [0.15, 0.2) is 47.4 Å². The van der Waals surface area contributed by atoms with Gasteiger partial charge in [-0.15, -0.1) is 11.3 Å². The molecule has 150 valence electrons. The van der Waals surface area contributed by atoms with E-state index in [0.29, 0.717) is 23.8 Å². The first-order valence-electron chi connectivity index (χ1n) is 8.03. The number of aromatic nitrogens is 2. The molecule has 1 aromatic carbocycles. The largest absolute Gasteiger partial charge is 0.416 e. The van der Waals surface area contributed by atoms with Crippen LogP contribution in [0, 0.1) is 5.82 Å². The molecule has 0 saturated carbocycles. The summed E-state index contributed by atoms with van der Waals surface area (Å²) >= 11 is 1.27. The van der Waals surface area contributed by atoms with Gasteiger partial charge in [0, 0.05) is 11.6 Å². The second-order valence-corrected chi connectivity index (χ2v) is 6.52. The third-order valence-electron chi connectivity index (χ3n) is 3.66. The van der Waals surface area contributed by atoms with Gasteiger partial charge < -0.3 is 10.6 Å². The lowest BCUT2D eigenvalue weighted by molar-refractivity contribution is -0.137. The molecule has 0 aliphatic heterocycles. The lowest BCUT2D eigenvalue weighted by Gasteiger charge is -2.11. The molecule has 0 atom stereocenters. The van der Waals surface area contributed by atoms with Crippen LogP contribution in [0.4, 0.5) is 29.1 Å². The summed E-state index contributed by atoms with van der Waals surface area (Å²) in [6, 6.07) is 4.72. The number of rotatable bonds is 5. The molecule has 2 aromatic heterocycles. The van der Waals surface area contributed by atoms with E-state index in [2.05, 4.69) is 20.6 Å². The average Bonchev–Trinajstić information content (AvgIpc) is 3.19. The number of amides is 2. The van der Waals surface area contributed by atoms with Crippen molar-refractivity contribution in [3.8, 4) is 0 Å². The Balaban J connectivity index is 1.62. The predicted molar refractivity (Wildman–Crippen MR) is 98.0 cm³/mol. The van der Waals surface area contributed by atoms with E-state index in [1.165, 1.54) is 35.2 Å². The summed E-state index contributed by atoms with van der Waals surface area (Å²) in [6.45, 7) is 0. The van der Waals surface area contributed by atoms with Crippen LogP contribution in [0.25, 0.3) is 0 Å². The monoisotopic (exact) mass is 424 g/mol. The number of halogens is 4. The van der Waals surface area contributed by atoms with Gasteiger partial charge in [0.25, 0.3) is 5.91 Å². The standard InChI is InChI=1S/C18H12F4N4O2S/c19-12-3-2-11(18(20,21)22)6-13(12)25-16(27)5-10-1-4-15(23-7-10)26-17(28)14-8-29-9-24-14/h1-4,6-9H,5H2,(H,25,27)(H,23,26,28). The first-order valence-corrected chi connectivity index (χ1v) is 8.98. The molecule has 2 heterocycles. The molecule has 0 spiro atoms. The van der Waals surface area contributed by atoms with E-state index in [0.717, 1.165) is 0 Å². The average molecular weight is 424 g/mol. The maximum atomic E-state index is 13.7. The Bertz CT molecular complexity index is 1020. The summed E-state index contributed by atoms with van der Waals surface area (Å²) in [4.78, 5) is 31.8. The molecular formula is C18H12F4N4O2S. The summed E-state index contributed by atoms with van der Waals surface area (Å²) in [6.07, 6.45) is -3.59. The first kappa shape index (κ1) is 20.4. The number of carbonyl (C=O) groups is 2. The van der Waals surface area contributed by atoms with Gasteiger partial charge in [0.1, 0.15) is 17.3 Å². The Hall–Kier alpha value is -3.34. The molecule has 2 N–H and O–H groups in total. The number of alkyl halides is 3. The van der Waals surface area contributed by atoms with Gasteiger partial charge in [-0.2, -0.15) is 13.2 Å². The zero-order valence-corrected chi connectivity index (χ0v) is 15.3. The van der Waals surface area contributed by atoms with E-state index < -0.39 is 35.1 Å². The topological polar surface area (TPSA) is 84.0 Å². The van der Waals surface area contributed by atoms with Gasteiger partial charge in [0.2, 0.25) is 5.91 Å². The van der Waals surface area contributed by atoms with Crippen molar-refractivity contribution in [2.45, 2.75) is 12.6 Å². The number of nitrogens with one attached hydrogen (secondary N) is 2. The lowest BCUT2D eigenvalue weighted by Crippen LogP contribution is -2.17. The van der Waals surface area contributed by atoms with Crippen molar-refractivity contribution in [3.63, 3.8) is 0 Å². The normalized spacial score (nSPS) is 11.2. The summed E-state index contributed by atoms with van der Waals surface area (Å²) in [5, 5.41) is 6.22. The SMILES string of the molecule is O=C(Cc1ccc(NC(=O)c2cscn2)nc1)Nc1cc(C(F)(F)F)ccc1F. The number of hydrogen-bond donors (Lipinski definition) is 2. The summed E-state index contributed by atoms with van der Waals surface area (Å²) in [5.74, 6) is -1.91. The van der Waals surface area contributed by atoms with Crippen LogP contribution < -0.4 is 10.6 Å². The van der Waals surface area contributed by atoms with Crippen molar-refractivity contribution in [3.05, 3.63) is 70.1 Å². The van der Waals surface area contributed by atoms with Crippen molar-refractivity contribution >= 4 is 34.7 Å². The second kappa shape index (κ2) is 8.35. The molecule has 3 aromatic rings. The number of benzene rings is 1. The maximum Gasteiger partial charge on any atom is 0.416 e. The zero-order chi connectivity index (χ0) is 21.0. The molecule has 2 amide bonds. The van der Waals surface area contributed by atoms with Crippen molar-refractivity contribution in [1.29, 1.82) is 0 Å². The Labute approximate surface area is 165 Å². The highest BCUT2D eigenvalue weighted by atomic mass is 32.1. The Morgan fingerprint density at radius 3 is 2.48 bits per heavy atom. The maximum absolute atomic E-state index is 13.7. The van der Waals surface area contributed by atoms with Gasteiger partial charge in [-0.3, -0.25) is 9.59 Å². The van der Waals surface area contributed by atoms with E-state index in [1.54, 1.807) is 5.38 Å².